The molecule has 0 saturated heterocycles. The van der Waals surface area contributed by atoms with Gasteiger partial charge in [-0.15, -0.1) is 0 Å². The van der Waals surface area contributed by atoms with Crippen LogP contribution in [0, 0.1) is 0 Å². The number of hydrogen-bond donors (Lipinski definition) is 1. The standard InChI is InChI=1S/C18H21NO2/c1-18(2,3)21-17(20)19-16-11-10-13(12-8-9-12)14-6-4-5-7-15(14)16/h4-7,10-12H,8-9H2,1-3H3,(H,19,20). The van der Waals surface area contributed by atoms with Crippen LogP contribution < -0.4 is 5.32 Å². The van der Waals surface area contributed by atoms with E-state index in [9.17, 15) is 4.79 Å². The van der Waals surface area contributed by atoms with E-state index in [0.717, 1.165) is 11.1 Å². The van der Waals surface area contributed by atoms with Gasteiger partial charge in [0.1, 0.15) is 5.60 Å². The Hall–Kier alpha value is -2.03. The molecule has 3 nitrogen and oxygen atoms in total. The second kappa shape index (κ2) is 5.06. The molecule has 2 aromatic carbocycles. The first-order valence-corrected chi connectivity index (χ1v) is 7.46. The Bertz CT molecular complexity index is 681. The summed E-state index contributed by atoms with van der Waals surface area (Å²) in [5.74, 6) is 0.686. The van der Waals surface area contributed by atoms with E-state index in [-0.39, 0.29) is 0 Å². The monoisotopic (exact) mass is 283 g/mol. The van der Waals surface area contributed by atoms with Gasteiger partial charge in [0, 0.05) is 5.39 Å². The van der Waals surface area contributed by atoms with Crippen molar-refractivity contribution in [1.29, 1.82) is 0 Å². The molecule has 1 aliphatic rings. The fourth-order valence-corrected chi connectivity index (χ4v) is 2.60. The summed E-state index contributed by atoms with van der Waals surface area (Å²) < 4.78 is 5.33. The highest BCUT2D eigenvalue weighted by atomic mass is 16.6. The minimum Gasteiger partial charge on any atom is -0.444 e. The summed E-state index contributed by atoms with van der Waals surface area (Å²) in [6.45, 7) is 5.59. The van der Waals surface area contributed by atoms with Crippen LogP contribution in [-0.4, -0.2) is 11.7 Å². The van der Waals surface area contributed by atoms with Gasteiger partial charge in [-0.3, -0.25) is 5.32 Å². The predicted molar refractivity (Wildman–Crippen MR) is 85.8 cm³/mol. The lowest BCUT2D eigenvalue weighted by Crippen LogP contribution is -2.27. The maximum Gasteiger partial charge on any atom is 0.412 e. The first-order chi connectivity index (χ1) is 9.94. The number of hydrogen-bond acceptors (Lipinski definition) is 2. The summed E-state index contributed by atoms with van der Waals surface area (Å²) in [5, 5.41) is 5.17. The molecule has 1 N–H and O–H groups in total. The van der Waals surface area contributed by atoms with Crippen molar-refractivity contribution in [2.24, 2.45) is 0 Å². The van der Waals surface area contributed by atoms with Crippen molar-refractivity contribution >= 4 is 22.6 Å². The van der Waals surface area contributed by atoms with Gasteiger partial charge >= 0.3 is 6.09 Å². The summed E-state index contributed by atoms with van der Waals surface area (Å²) in [6.07, 6.45) is 2.12. The van der Waals surface area contributed by atoms with Gasteiger partial charge in [0.2, 0.25) is 0 Å². The Morgan fingerprint density at radius 1 is 1.10 bits per heavy atom. The fraction of sp³-hybridized carbons (Fsp3) is 0.389. The molecule has 3 rings (SSSR count). The van der Waals surface area contributed by atoms with Gasteiger partial charge in [0.05, 0.1) is 5.69 Å². The zero-order chi connectivity index (χ0) is 15.0. The van der Waals surface area contributed by atoms with Crippen LogP contribution in [0.2, 0.25) is 0 Å². The van der Waals surface area contributed by atoms with Crippen molar-refractivity contribution < 1.29 is 9.53 Å². The molecule has 0 unspecified atom stereocenters. The van der Waals surface area contributed by atoms with E-state index in [0.29, 0.717) is 5.92 Å². The van der Waals surface area contributed by atoms with E-state index < -0.39 is 11.7 Å². The zero-order valence-corrected chi connectivity index (χ0v) is 12.8. The Labute approximate surface area is 125 Å². The zero-order valence-electron chi connectivity index (χ0n) is 12.8. The first-order valence-electron chi connectivity index (χ1n) is 7.46. The van der Waals surface area contributed by atoms with Crippen molar-refractivity contribution in [3.8, 4) is 0 Å². The first kappa shape index (κ1) is 13.9. The molecule has 2 aromatic rings. The molecule has 0 spiro atoms. The largest absolute Gasteiger partial charge is 0.444 e. The number of fused-ring (bicyclic) bond motifs is 1. The molecule has 1 fully saturated rings. The van der Waals surface area contributed by atoms with Crippen LogP contribution in [0.25, 0.3) is 10.8 Å². The summed E-state index contributed by atoms with van der Waals surface area (Å²) in [7, 11) is 0. The van der Waals surface area contributed by atoms with E-state index >= 15 is 0 Å². The Balaban J connectivity index is 1.93. The number of nitrogens with one attached hydrogen (secondary N) is 1. The van der Waals surface area contributed by atoms with Crippen LogP contribution in [0.5, 0.6) is 0 Å². The molecule has 21 heavy (non-hydrogen) atoms. The number of ether oxygens (including phenoxy) is 1. The smallest absolute Gasteiger partial charge is 0.412 e. The molecular formula is C18H21NO2. The summed E-state index contributed by atoms with van der Waals surface area (Å²) in [6, 6.07) is 12.3. The Morgan fingerprint density at radius 2 is 1.76 bits per heavy atom. The van der Waals surface area contributed by atoms with Crippen LogP contribution in [0.1, 0.15) is 45.1 Å². The Morgan fingerprint density at radius 3 is 2.38 bits per heavy atom. The maximum absolute atomic E-state index is 12.0. The molecule has 0 atom stereocenters. The third-order valence-electron chi connectivity index (χ3n) is 3.61. The second-order valence-corrected chi connectivity index (χ2v) is 6.65. The van der Waals surface area contributed by atoms with Gasteiger partial charge in [-0.1, -0.05) is 30.3 Å². The number of anilines is 1. The van der Waals surface area contributed by atoms with Crippen molar-refractivity contribution in [2.45, 2.75) is 45.1 Å². The van der Waals surface area contributed by atoms with Crippen LogP contribution in [0.4, 0.5) is 10.5 Å². The number of carbonyl (C=O) groups excluding carboxylic acids is 1. The van der Waals surface area contributed by atoms with E-state index in [2.05, 4.69) is 17.4 Å². The molecule has 1 amide bonds. The molecule has 0 aliphatic heterocycles. The lowest BCUT2D eigenvalue weighted by molar-refractivity contribution is 0.0636. The van der Waals surface area contributed by atoms with Crippen LogP contribution in [0.15, 0.2) is 36.4 Å². The van der Waals surface area contributed by atoms with E-state index in [1.165, 1.54) is 23.8 Å². The van der Waals surface area contributed by atoms with Crippen molar-refractivity contribution in [3.63, 3.8) is 0 Å². The SMILES string of the molecule is CC(C)(C)OC(=O)Nc1ccc(C2CC2)c2ccccc12. The highest BCUT2D eigenvalue weighted by molar-refractivity contribution is 6.01. The highest BCUT2D eigenvalue weighted by Crippen LogP contribution is 2.44. The van der Waals surface area contributed by atoms with Gasteiger partial charge in [0.25, 0.3) is 0 Å². The lowest BCUT2D eigenvalue weighted by atomic mass is 10.00. The summed E-state index contributed by atoms with van der Waals surface area (Å²) in [4.78, 5) is 12.0. The topological polar surface area (TPSA) is 38.3 Å². The molecule has 1 saturated carbocycles. The predicted octanol–water partition coefficient (Wildman–Crippen LogP) is 5.06. The maximum atomic E-state index is 12.0. The van der Waals surface area contributed by atoms with Gasteiger partial charge in [-0.2, -0.15) is 0 Å². The lowest BCUT2D eigenvalue weighted by Gasteiger charge is -2.20. The fourth-order valence-electron chi connectivity index (χ4n) is 2.60. The average molecular weight is 283 g/mol. The van der Waals surface area contributed by atoms with Crippen LogP contribution >= 0.6 is 0 Å². The molecule has 0 heterocycles. The highest BCUT2D eigenvalue weighted by Gasteiger charge is 2.26. The van der Waals surface area contributed by atoms with Gasteiger partial charge in [-0.25, -0.2) is 4.79 Å². The molecule has 1 aliphatic carbocycles. The molecule has 3 heteroatoms. The number of carbonyl (C=O) groups is 1. The molecule has 0 radical (unpaired) electrons. The number of benzene rings is 2. The van der Waals surface area contributed by atoms with E-state index in [4.69, 9.17) is 4.74 Å². The Kier molecular flexibility index (Phi) is 3.36. The number of rotatable bonds is 2. The van der Waals surface area contributed by atoms with Gasteiger partial charge in [0.15, 0.2) is 0 Å². The quantitative estimate of drug-likeness (QED) is 0.836. The average Bonchev–Trinajstić information content (AvgIpc) is 3.21. The third-order valence-corrected chi connectivity index (χ3v) is 3.61. The minimum atomic E-state index is -0.492. The van der Waals surface area contributed by atoms with Crippen molar-refractivity contribution in [3.05, 3.63) is 42.0 Å². The third kappa shape index (κ3) is 3.18. The van der Waals surface area contributed by atoms with Crippen LogP contribution in [-0.2, 0) is 4.74 Å². The minimum absolute atomic E-state index is 0.410. The summed E-state index contributed by atoms with van der Waals surface area (Å²) >= 11 is 0. The van der Waals surface area contributed by atoms with Gasteiger partial charge < -0.3 is 4.74 Å². The molecule has 0 bridgehead atoms. The van der Waals surface area contributed by atoms with E-state index in [1.807, 2.05) is 45.0 Å². The molecule has 0 aromatic heterocycles. The number of amides is 1. The van der Waals surface area contributed by atoms with Crippen molar-refractivity contribution in [1.82, 2.24) is 0 Å². The second-order valence-electron chi connectivity index (χ2n) is 6.65. The van der Waals surface area contributed by atoms with Crippen molar-refractivity contribution in [2.75, 3.05) is 5.32 Å². The van der Waals surface area contributed by atoms with Gasteiger partial charge in [-0.05, 0) is 56.5 Å². The van der Waals surface area contributed by atoms with Crippen LogP contribution in [0.3, 0.4) is 0 Å². The molecular weight excluding hydrogens is 262 g/mol. The molecule has 110 valence electrons. The van der Waals surface area contributed by atoms with E-state index in [1.54, 1.807) is 0 Å². The summed E-state index contributed by atoms with van der Waals surface area (Å²) in [5.41, 5.74) is 1.71. The normalized spacial score (nSPS) is 15.0.